The number of aromatic amines is 1. The van der Waals surface area contributed by atoms with Crippen LogP contribution >= 0.6 is 0 Å². The Bertz CT molecular complexity index is 974. The molecule has 2 atom stereocenters. The van der Waals surface area contributed by atoms with E-state index in [-0.39, 0.29) is 24.0 Å². The number of hydrogen-bond acceptors (Lipinski definition) is 4. The van der Waals surface area contributed by atoms with Gasteiger partial charge in [-0.25, -0.2) is 0 Å². The number of carbonyl (C=O) groups excluding carboxylic acids is 2. The van der Waals surface area contributed by atoms with Gasteiger partial charge in [0, 0.05) is 30.8 Å². The monoisotopic (exact) mass is 394 g/mol. The molecule has 29 heavy (non-hydrogen) atoms. The Morgan fingerprint density at radius 2 is 2.00 bits per heavy atom. The molecule has 0 bridgehead atoms. The number of H-pyrrole nitrogens is 1. The van der Waals surface area contributed by atoms with Crippen LogP contribution in [-0.4, -0.2) is 46.1 Å². The van der Waals surface area contributed by atoms with Crippen molar-refractivity contribution < 1.29 is 14.3 Å². The smallest absolute Gasteiger partial charge is 0.274 e. The van der Waals surface area contributed by atoms with E-state index in [0.29, 0.717) is 38.0 Å². The summed E-state index contributed by atoms with van der Waals surface area (Å²) in [6.07, 6.45) is 2.74. The fourth-order valence-electron chi connectivity index (χ4n) is 5.04. The Hall–Kier alpha value is -2.67. The number of hydrogen-bond donors (Lipinski definition) is 2. The molecular weight excluding hydrogens is 368 g/mol. The molecule has 3 aliphatic heterocycles. The topological polar surface area (TPSA) is 87.3 Å². The summed E-state index contributed by atoms with van der Waals surface area (Å²) in [6.45, 7) is 5.13. The Morgan fingerprint density at radius 1 is 1.24 bits per heavy atom. The van der Waals surface area contributed by atoms with E-state index in [1.165, 1.54) is 5.56 Å². The number of fused-ring (bicyclic) bond motifs is 2. The molecular formula is C22H26N4O3. The van der Waals surface area contributed by atoms with Crippen LogP contribution in [0.4, 0.5) is 5.69 Å². The molecule has 1 aromatic carbocycles. The Balaban J connectivity index is 1.33. The van der Waals surface area contributed by atoms with Crippen LogP contribution in [0.3, 0.4) is 0 Å². The number of aromatic nitrogens is 2. The predicted molar refractivity (Wildman–Crippen MR) is 108 cm³/mol. The first-order valence-electron chi connectivity index (χ1n) is 10.4. The van der Waals surface area contributed by atoms with E-state index in [1.807, 2.05) is 36.9 Å². The average molecular weight is 394 g/mol. The molecule has 3 aliphatic rings. The third-order valence-electron chi connectivity index (χ3n) is 6.72. The maximum Gasteiger partial charge on any atom is 0.274 e. The molecule has 0 radical (unpaired) electrons. The summed E-state index contributed by atoms with van der Waals surface area (Å²) in [5, 5.41) is 10.4. The third kappa shape index (κ3) is 2.95. The summed E-state index contributed by atoms with van der Waals surface area (Å²) in [7, 11) is 0. The van der Waals surface area contributed by atoms with Gasteiger partial charge in [-0.15, -0.1) is 0 Å². The van der Waals surface area contributed by atoms with Crippen LogP contribution in [0.2, 0.25) is 0 Å². The van der Waals surface area contributed by atoms with Crippen molar-refractivity contribution in [3.05, 3.63) is 46.8 Å². The highest BCUT2D eigenvalue weighted by molar-refractivity contribution is 5.99. The zero-order chi connectivity index (χ0) is 20.2. The van der Waals surface area contributed by atoms with Crippen molar-refractivity contribution >= 4 is 17.5 Å². The standard InChI is InChI=1S/C22H26N4O3/c1-13-11-16-18(14(2)29-13)24-25-19(16)20(27)26-9-7-22(8-10-26)12-15-5-3-4-6-17(15)23-21(22)28/h3-6,13-14H,7-12H2,1-2H3,(H,23,28)(H,24,25)/t13-,14+/m1/s1. The molecule has 5 rings (SSSR count). The second kappa shape index (κ2) is 6.69. The van der Waals surface area contributed by atoms with Crippen molar-refractivity contribution in [2.45, 2.75) is 51.7 Å². The van der Waals surface area contributed by atoms with Crippen LogP contribution in [0.1, 0.15) is 60.1 Å². The van der Waals surface area contributed by atoms with Gasteiger partial charge in [0.25, 0.3) is 5.91 Å². The number of nitrogens with zero attached hydrogens (tertiary/aromatic N) is 2. The predicted octanol–water partition coefficient (Wildman–Crippen LogP) is 2.85. The molecule has 1 saturated heterocycles. The van der Waals surface area contributed by atoms with Gasteiger partial charge in [-0.1, -0.05) is 18.2 Å². The van der Waals surface area contributed by atoms with Gasteiger partial charge < -0.3 is 15.0 Å². The van der Waals surface area contributed by atoms with Crippen LogP contribution in [0.25, 0.3) is 0 Å². The van der Waals surface area contributed by atoms with Gasteiger partial charge in [-0.3, -0.25) is 14.7 Å². The molecule has 0 aliphatic carbocycles. The van der Waals surface area contributed by atoms with E-state index in [2.05, 4.69) is 21.6 Å². The molecule has 1 spiro atoms. The summed E-state index contributed by atoms with van der Waals surface area (Å²) in [5.74, 6) is 0.0375. The minimum absolute atomic E-state index is 0.0460. The summed E-state index contributed by atoms with van der Waals surface area (Å²) >= 11 is 0. The Labute approximate surface area is 169 Å². The first-order chi connectivity index (χ1) is 14.0. The van der Waals surface area contributed by atoms with Crippen molar-refractivity contribution in [1.82, 2.24) is 15.1 Å². The van der Waals surface area contributed by atoms with E-state index >= 15 is 0 Å². The van der Waals surface area contributed by atoms with Crippen LogP contribution in [0.15, 0.2) is 24.3 Å². The first kappa shape index (κ1) is 18.4. The second-order valence-corrected chi connectivity index (χ2v) is 8.62. The number of ether oxygens (including phenoxy) is 1. The van der Waals surface area contributed by atoms with Crippen molar-refractivity contribution in [2.24, 2.45) is 5.41 Å². The highest BCUT2D eigenvalue weighted by Crippen LogP contribution is 2.42. The number of likely N-dealkylation sites (tertiary alicyclic amines) is 1. The van der Waals surface area contributed by atoms with Crippen molar-refractivity contribution in [1.29, 1.82) is 0 Å². The Kier molecular flexibility index (Phi) is 4.24. The van der Waals surface area contributed by atoms with Crippen molar-refractivity contribution in [2.75, 3.05) is 18.4 Å². The molecule has 0 saturated carbocycles. The van der Waals surface area contributed by atoms with E-state index < -0.39 is 5.41 Å². The lowest BCUT2D eigenvalue weighted by Gasteiger charge is -2.43. The zero-order valence-corrected chi connectivity index (χ0v) is 16.8. The van der Waals surface area contributed by atoms with Gasteiger partial charge >= 0.3 is 0 Å². The molecule has 7 nitrogen and oxygen atoms in total. The number of nitrogens with one attached hydrogen (secondary N) is 2. The first-order valence-corrected chi connectivity index (χ1v) is 10.4. The van der Waals surface area contributed by atoms with Gasteiger partial charge in [0.2, 0.25) is 5.91 Å². The van der Waals surface area contributed by atoms with Gasteiger partial charge in [0.1, 0.15) is 0 Å². The fraction of sp³-hybridized carbons (Fsp3) is 0.500. The highest BCUT2D eigenvalue weighted by atomic mass is 16.5. The van der Waals surface area contributed by atoms with E-state index in [0.717, 1.165) is 23.4 Å². The number of rotatable bonds is 1. The number of carbonyl (C=O) groups is 2. The van der Waals surface area contributed by atoms with Crippen LogP contribution in [0.5, 0.6) is 0 Å². The quantitative estimate of drug-likeness (QED) is 0.779. The summed E-state index contributed by atoms with van der Waals surface area (Å²) in [5.41, 5.74) is 4.06. The summed E-state index contributed by atoms with van der Waals surface area (Å²) in [6, 6.07) is 7.98. The molecule has 2 amide bonds. The normalized spacial score (nSPS) is 25.3. The number of benzene rings is 1. The van der Waals surface area contributed by atoms with Gasteiger partial charge in [-0.05, 0) is 44.7 Å². The number of amides is 2. The van der Waals surface area contributed by atoms with Gasteiger partial charge in [0.05, 0.1) is 23.3 Å². The van der Waals surface area contributed by atoms with E-state index in [1.54, 1.807) is 0 Å². The van der Waals surface area contributed by atoms with Crippen LogP contribution in [-0.2, 0) is 22.4 Å². The fourth-order valence-corrected chi connectivity index (χ4v) is 5.04. The molecule has 2 N–H and O–H groups in total. The lowest BCUT2D eigenvalue weighted by Crippen LogP contribution is -2.51. The molecule has 7 heteroatoms. The van der Waals surface area contributed by atoms with E-state index in [4.69, 9.17) is 4.74 Å². The molecule has 1 fully saturated rings. The molecule has 152 valence electrons. The average Bonchev–Trinajstić information content (AvgIpc) is 3.13. The summed E-state index contributed by atoms with van der Waals surface area (Å²) in [4.78, 5) is 27.9. The second-order valence-electron chi connectivity index (χ2n) is 8.62. The molecule has 1 aromatic heterocycles. The SMILES string of the molecule is C[C@@H]1Cc2c(C(=O)N3CCC4(CC3)Cc3ccccc3NC4=O)n[nH]c2[C@H](C)O1. The third-order valence-corrected chi connectivity index (χ3v) is 6.72. The lowest BCUT2D eigenvalue weighted by molar-refractivity contribution is -0.128. The zero-order valence-electron chi connectivity index (χ0n) is 16.8. The number of piperidine rings is 1. The largest absolute Gasteiger partial charge is 0.369 e. The van der Waals surface area contributed by atoms with Crippen molar-refractivity contribution in [3.63, 3.8) is 0 Å². The van der Waals surface area contributed by atoms with Crippen molar-refractivity contribution in [3.8, 4) is 0 Å². The lowest BCUT2D eigenvalue weighted by atomic mass is 9.71. The van der Waals surface area contributed by atoms with Gasteiger partial charge in [-0.2, -0.15) is 5.10 Å². The maximum absolute atomic E-state index is 13.2. The molecule has 4 heterocycles. The summed E-state index contributed by atoms with van der Waals surface area (Å²) < 4.78 is 5.83. The van der Waals surface area contributed by atoms with E-state index in [9.17, 15) is 9.59 Å². The molecule has 2 aromatic rings. The minimum Gasteiger partial charge on any atom is -0.369 e. The van der Waals surface area contributed by atoms with Crippen LogP contribution in [0, 0.1) is 5.41 Å². The highest BCUT2D eigenvalue weighted by Gasteiger charge is 2.45. The number of para-hydroxylation sites is 1. The molecule has 0 unspecified atom stereocenters. The maximum atomic E-state index is 13.2. The Morgan fingerprint density at radius 3 is 2.79 bits per heavy atom. The number of anilines is 1. The van der Waals surface area contributed by atoms with Gasteiger partial charge in [0.15, 0.2) is 5.69 Å². The van der Waals surface area contributed by atoms with Crippen LogP contribution < -0.4 is 5.32 Å². The minimum atomic E-state index is -0.424.